The first-order chi connectivity index (χ1) is 12.2. The summed E-state index contributed by atoms with van der Waals surface area (Å²) in [6, 6.07) is 9.96. The molecule has 1 saturated heterocycles. The monoisotopic (exact) mass is 356 g/mol. The lowest BCUT2D eigenvalue weighted by atomic mass is 10.2. The molecule has 25 heavy (non-hydrogen) atoms. The SMILES string of the molecule is COc1cc(Cl)ccc1N1CCN(Cc2c[nH]c3ncccc23)CC1. The highest BCUT2D eigenvalue weighted by Gasteiger charge is 2.20. The number of H-pyrrole nitrogens is 1. The van der Waals surface area contributed by atoms with Crippen molar-refractivity contribution in [2.45, 2.75) is 6.54 Å². The van der Waals surface area contributed by atoms with Crippen LogP contribution < -0.4 is 9.64 Å². The fraction of sp³-hybridized carbons (Fsp3) is 0.316. The molecule has 1 aromatic carbocycles. The molecule has 0 atom stereocenters. The third-order valence-corrected chi connectivity index (χ3v) is 5.02. The van der Waals surface area contributed by atoms with Crippen molar-refractivity contribution in [3.05, 3.63) is 53.3 Å². The smallest absolute Gasteiger partial charge is 0.143 e. The molecule has 4 rings (SSSR count). The summed E-state index contributed by atoms with van der Waals surface area (Å²) in [6.07, 6.45) is 3.90. The highest BCUT2D eigenvalue weighted by molar-refractivity contribution is 6.30. The van der Waals surface area contributed by atoms with E-state index in [0.717, 1.165) is 49.8 Å². The van der Waals surface area contributed by atoms with Crippen molar-refractivity contribution in [1.29, 1.82) is 0 Å². The Kier molecular flexibility index (Phi) is 4.51. The van der Waals surface area contributed by atoms with Crippen molar-refractivity contribution in [3.63, 3.8) is 0 Å². The number of pyridine rings is 1. The van der Waals surface area contributed by atoms with Crippen LogP contribution >= 0.6 is 11.6 Å². The molecule has 1 aliphatic heterocycles. The molecule has 0 amide bonds. The highest BCUT2D eigenvalue weighted by atomic mass is 35.5. The molecule has 130 valence electrons. The summed E-state index contributed by atoms with van der Waals surface area (Å²) in [5.41, 5.74) is 3.38. The minimum atomic E-state index is 0.701. The van der Waals surface area contributed by atoms with E-state index in [0.29, 0.717) is 5.02 Å². The van der Waals surface area contributed by atoms with Gasteiger partial charge in [-0.3, -0.25) is 4.90 Å². The number of rotatable bonds is 4. The predicted molar refractivity (Wildman–Crippen MR) is 102 cm³/mol. The fourth-order valence-corrected chi connectivity index (χ4v) is 3.61. The van der Waals surface area contributed by atoms with Gasteiger partial charge in [0.15, 0.2) is 0 Å². The molecule has 5 nitrogen and oxygen atoms in total. The number of hydrogen-bond donors (Lipinski definition) is 1. The van der Waals surface area contributed by atoms with Gasteiger partial charge < -0.3 is 14.6 Å². The molecule has 3 aromatic rings. The Morgan fingerprint density at radius 1 is 1.20 bits per heavy atom. The molecule has 0 spiro atoms. The number of fused-ring (bicyclic) bond motifs is 1. The second kappa shape index (κ2) is 6.94. The van der Waals surface area contributed by atoms with Gasteiger partial charge in [0, 0.05) is 61.6 Å². The minimum Gasteiger partial charge on any atom is -0.495 e. The second-order valence-electron chi connectivity index (χ2n) is 6.29. The van der Waals surface area contributed by atoms with Crippen LogP contribution in [0.4, 0.5) is 5.69 Å². The zero-order valence-electron chi connectivity index (χ0n) is 14.2. The number of nitrogens with zero attached hydrogens (tertiary/aromatic N) is 3. The standard InChI is InChI=1S/C19H21ClN4O/c1-25-18-11-15(20)4-5-17(18)24-9-7-23(8-10-24)13-14-12-22-19-16(14)3-2-6-21-19/h2-6,11-12H,7-10,13H2,1H3,(H,21,22). The number of halogens is 1. The first kappa shape index (κ1) is 16.2. The minimum absolute atomic E-state index is 0.701. The Bertz CT molecular complexity index is 871. The van der Waals surface area contributed by atoms with Crippen LogP contribution in [0.15, 0.2) is 42.7 Å². The number of nitrogens with one attached hydrogen (secondary N) is 1. The average molecular weight is 357 g/mol. The quantitative estimate of drug-likeness (QED) is 0.776. The molecule has 3 heterocycles. The largest absolute Gasteiger partial charge is 0.495 e. The zero-order chi connectivity index (χ0) is 17.2. The first-order valence-corrected chi connectivity index (χ1v) is 8.84. The van der Waals surface area contributed by atoms with Gasteiger partial charge in [-0.05, 0) is 29.8 Å². The van der Waals surface area contributed by atoms with Gasteiger partial charge in [-0.25, -0.2) is 4.98 Å². The predicted octanol–water partition coefficient (Wildman–Crippen LogP) is 3.55. The van der Waals surface area contributed by atoms with Crippen molar-refractivity contribution in [2.24, 2.45) is 0 Å². The van der Waals surface area contributed by atoms with Crippen molar-refractivity contribution in [1.82, 2.24) is 14.9 Å². The van der Waals surface area contributed by atoms with Crippen molar-refractivity contribution in [2.75, 3.05) is 38.2 Å². The van der Waals surface area contributed by atoms with E-state index >= 15 is 0 Å². The van der Waals surface area contributed by atoms with Gasteiger partial charge in [0.1, 0.15) is 11.4 Å². The van der Waals surface area contributed by atoms with E-state index in [1.54, 1.807) is 7.11 Å². The van der Waals surface area contributed by atoms with Crippen LogP contribution in [0, 0.1) is 0 Å². The molecular formula is C19H21ClN4O. The van der Waals surface area contributed by atoms with Crippen LogP contribution in [0.25, 0.3) is 11.0 Å². The number of ether oxygens (including phenoxy) is 1. The number of aromatic amines is 1. The lowest BCUT2D eigenvalue weighted by Gasteiger charge is -2.36. The Labute approximate surface area is 152 Å². The molecule has 6 heteroatoms. The van der Waals surface area contributed by atoms with E-state index in [4.69, 9.17) is 16.3 Å². The number of aromatic nitrogens is 2. The number of hydrogen-bond acceptors (Lipinski definition) is 4. The Morgan fingerprint density at radius 2 is 2.04 bits per heavy atom. The van der Waals surface area contributed by atoms with E-state index in [9.17, 15) is 0 Å². The Morgan fingerprint density at radius 3 is 2.84 bits per heavy atom. The lowest BCUT2D eigenvalue weighted by Crippen LogP contribution is -2.46. The second-order valence-corrected chi connectivity index (χ2v) is 6.73. The maximum atomic E-state index is 6.07. The molecule has 0 aliphatic carbocycles. The summed E-state index contributed by atoms with van der Waals surface area (Å²) in [5, 5.41) is 1.91. The maximum Gasteiger partial charge on any atom is 0.143 e. The third kappa shape index (κ3) is 3.30. The lowest BCUT2D eigenvalue weighted by molar-refractivity contribution is 0.250. The summed E-state index contributed by atoms with van der Waals surface area (Å²) in [5.74, 6) is 0.837. The molecule has 0 unspecified atom stereocenters. The summed E-state index contributed by atoms with van der Waals surface area (Å²) >= 11 is 6.07. The van der Waals surface area contributed by atoms with Crippen molar-refractivity contribution < 1.29 is 4.74 Å². The Hall–Kier alpha value is -2.24. The van der Waals surface area contributed by atoms with Crippen LogP contribution in [-0.2, 0) is 6.54 Å². The van der Waals surface area contributed by atoms with Gasteiger partial charge in [0.2, 0.25) is 0 Å². The number of piperazine rings is 1. The zero-order valence-corrected chi connectivity index (χ0v) is 15.0. The van der Waals surface area contributed by atoms with Gasteiger partial charge in [0.25, 0.3) is 0 Å². The summed E-state index contributed by atoms with van der Waals surface area (Å²) in [7, 11) is 1.69. The number of methoxy groups -OCH3 is 1. The normalized spacial score (nSPS) is 15.7. The summed E-state index contributed by atoms with van der Waals surface area (Å²) in [4.78, 5) is 12.5. The van der Waals surface area contributed by atoms with Gasteiger partial charge in [-0.15, -0.1) is 0 Å². The van der Waals surface area contributed by atoms with Gasteiger partial charge in [-0.1, -0.05) is 11.6 Å². The fourth-order valence-electron chi connectivity index (χ4n) is 3.44. The average Bonchev–Trinajstić information content (AvgIpc) is 3.05. The van der Waals surface area contributed by atoms with E-state index in [1.807, 2.05) is 30.5 Å². The maximum absolute atomic E-state index is 6.07. The summed E-state index contributed by atoms with van der Waals surface area (Å²) < 4.78 is 5.49. The molecule has 1 aliphatic rings. The van der Waals surface area contributed by atoms with Crippen molar-refractivity contribution in [3.8, 4) is 5.75 Å². The molecular weight excluding hydrogens is 336 g/mol. The number of benzene rings is 1. The Balaban J connectivity index is 1.43. The highest BCUT2D eigenvalue weighted by Crippen LogP contribution is 2.32. The van der Waals surface area contributed by atoms with E-state index < -0.39 is 0 Å². The van der Waals surface area contributed by atoms with Gasteiger partial charge >= 0.3 is 0 Å². The van der Waals surface area contributed by atoms with E-state index in [2.05, 4.69) is 32.0 Å². The third-order valence-electron chi connectivity index (χ3n) is 4.79. The molecule has 0 saturated carbocycles. The first-order valence-electron chi connectivity index (χ1n) is 8.46. The van der Waals surface area contributed by atoms with Gasteiger partial charge in [0.05, 0.1) is 12.8 Å². The molecule has 1 N–H and O–H groups in total. The molecule has 2 aromatic heterocycles. The van der Waals surface area contributed by atoms with Crippen LogP contribution in [-0.4, -0.2) is 48.2 Å². The van der Waals surface area contributed by atoms with Crippen LogP contribution in [0.5, 0.6) is 5.75 Å². The molecule has 1 fully saturated rings. The summed E-state index contributed by atoms with van der Waals surface area (Å²) in [6.45, 7) is 4.91. The molecule has 0 bridgehead atoms. The van der Waals surface area contributed by atoms with Gasteiger partial charge in [-0.2, -0.15) is 0 Å². The number of anilines is 1. The topological polar surface area (TPSA) is 44.4 Å². The van der Waals surface area contributed by atoms with E-state index in [-0.39, 0.29) is 0 Å². The van der Waals surface area contributed by atoms with Crippen LogP contribution in [0.3, 0.4) is 0 Å². The van der Waals surface area contributed by atoms with Crippen molar-refractivity contribution >= 4 is 28.3 Å². The molecule has 0 radical (unpaired) electrons. The van der Waals surface area contributed by atoms with Crippen LogP contribution in [0.2, 0.25) is 5.02 Å². The van der Waals surface area contributed by atoms with E-state index in [1.165, 1.54) is 10.9 Å². The van der Waals surface area contributed by atoms with Crippen LogP contribution in [0.1, 0.15) is 5.56 Å².